The van der Waals surface area contributed by atoms with Gasteiger partial charge in [-0.2, -0.15) is 0 Å². The van der Waals surface area contributed by atoms with Gasteiger partial charge in [-0.3, -0.25) is 9.59 Å². The van der Waals surface area contributed by atoms with E-state index in [4.69, 9.17) is 0 Å². The lowest BCUT2D eigenvalue weighted by molar-refractivity contribution is -0.117. The smallest absolute Gasteiger partial charge is 0.230 e. The molecule has 3 aromatic rings. The Balaban J connectivity index is 1.37. The molecule has 0 spiro atoms. The van der Waals surface area contributed by atoms with Gasteiger partial charge in [0.1, 0.15) is 5.82 Å². The minimum atomic E-state index is -0.298. The number of nitrogens with zero attached hydrogens (tertiary/aromatic N) is 2. The van der Waals surface area contributed by atoms with Gasteiger partial charge in [0.05, 0.1) is 12.1 Å². The topological polar surface area (TPSA) is 62.3 Å². The molecule has 7 heteroatoms. The van der Waals surface area contributed by atoms with Gasteiger partial charge in [-0.05, 0) is 48.4 Å². The highest BCUT2D eigenvalue weighted by molar-refractivity contribution is 7.14. The SMILES string of the molecule is O=C(Cc1ccc(N2CCCC2=O)cc1)Nc1nc(-c2ccc(F)cc2)cs1. The molecule has 1 saturated heterocycles. The zero-order chi connectivity index (χ0) is 19.5. The fourth-order valence-electron chi connectivity index (χ4n) is 3.15. The van der Waals surface area contributed by atoms with Crippen molar-refractivity contribution in [1.29, 1.82) is 0 Å². The Labute approximate surface area is 165 Å². The van der Waals surface area contributed by atoms with Crippen LogP contribution in [0.25, 0.3) is 11.3 Å². The number of aromatic nitrogens is 1. The molecule has 4 rings (SSSR count). The van der Waals surface area contributed by atoms with Crippen molar-refractivity contribution >= 4 is 34.0 Å². The summed E-state index contributed by atoms with van der Waals surface area (Å²) in [6.45, 7) is 0.749. The van der Waals surface area contributed by atoms with Gasteiger partial charge in [0.2, 0.25) is 11.8 Å². The van der Waals surface area contributed by atoms with Crippen molar-refractivity contribution < 1.29 is 14.0 Å². The maximum atomic E-state index is 13.0. The van der Waals surface area contributed by atoms with Crippen LogP contribution in [0.3, 0.4) is 0 Å². The lowest BCUT2D eigenvalue weighted by Gasteiger charge is -2.15. The molecule has 5 nitrogen and oxygen atoms in total. The molecule has 1 fully saturated rings. The van der Waals surface area contributed by atoms with Crippen LogP contribution < -0.4 is 10.2 Å². The number of amides is 2. The minimum Gasteiger partial charge on any atom is -0.312 e. The predicted molar refractivity (Wildman–Crippen MR) is 108 cm³/mol. The first-order valence-corrected chi connectivity index (χ1v) is 9.87. The van der Waals surface area contributed by atoms with Crippen molar-refractivity contribution in [2.45, 2.75) is 19.3 Å². The Kier molecular flexibility index (Phi) is 5.16. The molecule has 142 valence electrons. The zero-order valence-corrected chi connectivity index (χ0v) is 15.8. The molecule has 1 N–H and O–H groups in total. The summed E-state index contributed by atoms with van der Waals surface area (Å²) >= 11 is 1.33. The first-order chi connectivity index (χ1) is 13.6. The van der Waals surface area contributed by atoms with Crippen molar-refractivity contribution in [2.75, 3.05) is 16.8 Å². The molecule has 2 amide bonds. The number of thiazole rings is 1. The van der Waals surface area contributed by atoms with Crippen molar-refractivity contribution in [3.63, 3.8) is 0 Å². The Morgan fingerprint density at radius 1 is 1.14 bits per heavy atom. The van der Waals surface area contributed by atoms with E-state index in [0.717, 1.165) is 29.8 Å². The molecule has 1 aliphatic heterocycles. The van der Waals surface area contributed by atoms with E-state index in [2.05, 4.69) is 10.3 Å². The van der Waals surface area contributed by atoms with Gasteiger partial charge >= 0.3 is 0 Å². The number of carbonyl (C=O) groups is 2. The second-order valence-electron chi connectivity index (χ2n) is 6.59. The first kappa shape index (κ1) is 18.3. The average Bonchev–Trinajstić information content (AvgIpc) is 3.32. The summed E-state index contributed by atoms with van der Waals surface area (Å²) in [4.78, 5) is 30.3. The Morgan fingerprint density at radius 3 is 2.57 bits per heavy atom. The number of halogens is 1. The van der Waals surface area contributed by atoms with Crippen molar-refractivity contribution in [1.82, 2.24) is 4.98 Å². The molecule has 28 heavy (non-hydrogen) atoms. The summed E-state index contributed by atoms with van der Waals surface area (Å²) < 4.78 is 13.0. The van der Waals surface area contributed by atoms with Crippen LogP contribution in [-0.2, 0) is 16.0 Å². The summed E-state index contributed by atoms with van der Waals surface area (Å²) in [5.41, 5.74) is 3.23. The fourth-order valence-corrected chi connectivity index (χ4v) is 3.88. The molecular formula is C21H18FN3O2S. The molecule has 0 saturated carbocycles. The second kappa shape index (κ2) is 7.90. The summed E-state index contributed by atoms with van der Waals surface area (Å²) in [6, 6.07) is 13.6. The van der Waals surface area contributed by atoms with E-state index in [0.29, 0.717) is 17.2 Å². The summed E-state index contributed by atoms with van der Waals surface area (Å²) in [7, 11) is 0. The van der Waals surface area contributed by atoms with Crippen LogP contribution in [0.4, 0.5) is 15.2 Å². The third kappa shape index (κ3) is 4.09. The van der Waals surface area contributed by atoms with Gasteiger partial charge in [-0.1, -0.05) is 12.1 Å². The van der Waals surface area contributed by atoms with E-state index in [1.54, 1.807) is 17.0 Å². The molecular weight excluding hydrogens is 377 g/mol. The quantitative estimate of drug-likeness (QED) is 0.702. The molecule has 0 aliphatic carbocycles. The van der Waals surface area contributed by atoms with E-state index < -0.39 is 0 Å². The van der Waals surface area contributed by atoms with E-state index in [1.807, 2.05) is 29.6 Å². The van der Waals surface area contributed by atoms with Crippen LogP contribution >= 0.6 is 11.3 Å². The van der Waals surface area contributed by atoms with E-state index in [9.17, 15) is 14.0 Å². The highest BCUT2D eigenvalue weighted by Gasteiger charge is 2.21. The van der Waals surface area contributed by atoms with E-state index in [-0.39, 0.29) is 24.1 Å². The normalized spacial score (nSPS) is 13.8. The molecule has 2 heterocycles. The van der Waals surface area contributed by atoms with Gasteiger partial charge in [0.25, 0.3) is 0 Å². The third-order valence-corrected chi connectivity index (χ3v) is 5.33. The predicted octanol–water partition coefficient (Wildman–Crippen LogP) is 4.26. The van der Waals surface area contributed by atoms with Gasteiger partial charge in [0.15, 0.2) is 5.13 Å². The standard InChI is InChI=1S/C21H18FN3O2S/c22-16-7-5-15(6-8-16)18-13-28-21(23-18)24-19(26)12-14-3-9-17(10-4-14)25-11-1-2-20(25)27/h3-10,13H,1-2,11-12H2,(H,23,24,26). The summed E-state index contributed by atoms with van der Waals surface area (Å²) in [6.07, 6.45) is 1.70. The van der Waals surface area contributed by atoms with Crippen molar-refractivity contribution in [2.24, 2.45) is 0 Å². The van der Waals surface area contributed by atoms with E-state index >= 15 is 0 Å². The van der Waals surface area contributed by atoms with Crippen molar-refractivity contribution in [3.05, 3.63) is 65.3 Å². The Hall–Kier alpha value is -3.06. The zero-order valence-electron chi connectivity index (χ0n) is 15.0. The average molecular weight is 395 g/mol. The largest absolute Gasteiger partial charge is 0.312 e. The monoisotopic (exact) mass is 395 g/mol. The van der Waals surface area contributed by atoms with E-state index in [1.165, 1.54) is 23.5 Å². The van der Waals surface area contributed by atoms with Crippen LogP contribution in [0, 0.1) is 5.82 Å². The first-order valence-electron chi connectivity index (χ1n) is 8.99. The molecule has 1 aromatic heterocycles. The minimum absolute atomic E-state index is 0.145. The summed E-state index contributed by atoms with van der Waals surface area (Å²) in [5, 5.41) is 5.13. The molecule has 0 radical (unpaired) electrons. The van der Waals surface area contributed by atoms with Gasteiger partial charge in [-0.15, -0.1) is 11.3 Å². The number of carbonyl (C=O) groups excluding carboxylic acids is 2. The number of nitrogens with one attached hydrogen (secondary N) is 1. The second-order valence-corrected chi connectivity index (χ2v) is 7.44. The lowest BCUT2D eigenvalue weighted by Crippen LogP contribution is -2.23. The highest BCUT2D eigenvalue weighted by Crippen LogP contribution is 2.25. The Bertz CT molecular complexity index is 999. The third-order valence-electron chi connectivity index (χ3n) is 4.58. The number of benzene rings is 2. The highest BCUT2D eigenvalue weighted by atomic mass is 32.1. The maximum Gasteiger partial charge on any atom is 0.230 e. The Morgan fingerprint density at radius 2 is 1.89 bits per heavy atom. The molecule has 0 unspecified atom stereocenters. The van der Waals surface area contributed by atoms with Crippen LogP contribution in [0.1, 0.15) is 18.4 Å². The van der Waals surface area contributed by atoms with Gasteiger partial charge in [-0.25, -0.2) is 9.37 Å². The van der Waals surface area contributed by atoms with Crippen LogP contribution in [-0.4, -0.2) is 23.3 Å². The number of hydrogen-bond donors (Lipinski definition) is 1. The number of hydrogen-bond acceptors (Lipinski definition) is 4. The van der Waals surface area contributed by atoms with Crippen LogP contribution in [0.15, 0.2) is 53.9 Å². The van der Waals surface area contributed by atoms with Crippen LogP contribution in [0.2, 0.25) is 0 Å². The van der Waals surface area contributed by atoms with Gasteiger partial charge < -0.3 is 10.2 Å². The lowest BCUT2D eigenvalue weighted by atomic mass is 10.1. The van der Waals surface area contributed by atoms with Crippen molar-refractivity contribution in [3.8, 4) is 11.3 Å². The summed E-state index contributed by atoms with van der Waals surface area (Å²) in [5.74, 6) is -0.316. The maximum absolute atomic E-state index is 13.0. The number of anilines is 2. The molecule has 2 aromatic carbocycles. The van der Waals surface area contributed by atoms with Crippen LogP contribution in [0.5, 0.6) is 0 Å². The van der Waals surface area contributed by atoms with Gasteiger partial charge in [0, 0.05) is 29.6 Å². The molecule has 0 atom stereocenters. The molecule has 1 aliphatic rings. The molecule has 0 bridgehead atoms. The number of rotatable bonds is 5. The fraction of sp³-hybridized carbons (Fsp3) is 0.190.